The zero-order chi connectivity index (χ0) is 14.2. The van der Waals surface area contributed by atoms with E-state index in [2.05, 4.69) is 0 Å². The Labute approximate surface area is 119 Å². The molecule has 19 heavy (non-hydrogen) atoms. The van der Waals surface area contributed by atoms with Crippen LogP contribution in [0.5, 0.6) is 0 Å². The van der Waals surface area contributed by atoms with Crippen molar-refractivity contribution in [2.75, 3.05) is 13.1 Å². The van der Waals surface area contributed by atoms with E-state index in [1.54, 1.807) is 12.1 Å². The van der Waals surface area contributed by atoms with Gasteiger partial charge in [0.15, 0.2) is 0 Å². The summed E-state index contributed by atoms with van der Waals surface area (Å²) in [6.07, 6.45) is -1.13. The molecule has 1 saturated heterocycles. The molecule has 2 N–H and O–H groups in total. The molecule has 0 radical (unpaired) electrons. The standard InChI is InChI=1S/C12H11Cl2NO4/c13-6-1-2-7(10(14)3-6)8-4-15(12(18)19)5-9(8)11(16)17/h1-3,8-9H,4-5H2,(H,16,17)(H,18,19). The Kier molecular flexibility index (Phi) is 3.87. The van der Waals surface area contributed by atoms with Crippen molar-refractivity contribution in [2.24, 2.45) is 5.92 Å². The Hall–Kier alpha value is -1.46. The van der Waals surface area contributed by atoms with Gasteiger partial charge in [0.2, 0.25) is 0 Å². The maximum atomic E-state index is 11.2. The molecule has 7 heteroatoms. The Morgan fingerprint density at radius 2 is 1.89 bits per heavy atom. The molecule has 2 rings (SSSR count). The van der Waals surface area contributed by atoms with Gasteiger partial charge < -0.3 is 15.1 Å². The van der Waals surface area contributed by atoms with Gasteiger partial charge in [0.25, 0.3) is 0 Å². The highest BCUT2D eigenvalue weighted by Crippen LogP contribution is 2.37. The lowest BCUT2D eigenvalue weighted by atomic mass is 9.89. The van der Waals surface area contributed by atoms with Crippen LogP contribution in [0.3, 0.4) is 0 Å². The lowest BCUT2D eigenvalue weighted by molar-refractivity contribution is -0.141. The summed E-state index contributed by atoms with van der Waals surface area (Å²) in [6.45, 7) is 0.0853. The number of carboxylic acid groups (broad SMARTS) is 2. The third-order valence-corrected chi connectivity index (χ3v) is 3.83. The molecule has 1 heterocycles. The van der Waals surface area contributed by atoms with Crippen molar-refractivity contribution in [3.63, 3.8) is 0 Å². The van der Waals surface area contributed by atoms with Crippen LogP contribution in [0.1, 0.15) is 11.5 Å². The number of hydrogen-bond donors (Lipinski definition) is 2. The molecule has 0 aliphatic carbocycles. The maximum absolute atomic E-state index is 11.2. The van der Waals surface area contributed by atoms with Crippen LogP contribution in [0.2, 0.25) is 10.0 Å². The molecule has 1 aromatic carbocycles. The number of halogens is 2. The quantitative estimate of drug-likeness (QED) is 0.880. The summed E-state index contributed by atoms with van der Waals surface area (Å²) >= 11 is 11.9. The number of carbonyl (C=O) groups is 2. The van der Waals surface area contributed by atoms with E-state index < -0.39 is 23.9 Å². The van der Waals surface area contributed by atoms with Crippen molar-refractivity contribution in [1.82, 2.24) is 4.90 Å². The number of carboxylic acids is 1. The van der Waals surface area contributed by atoms with Crippen LogP contribution in [0.15, 0.2) is 18.2 Å². The largest absolute Gasteiger partial charge is 0.481 e. The SMILES string of the molecule is O=C(O)C1CN(C(=O)O)CC1c1ccc(Cl)cc1Cl. The van der Waals surface area contributed by atoms with Crippen molar-refractivity contribution in [3.05, 3.63) is 33.8 Å². The minimum atomic E-state index is -1.13. The highest BCUT2D eigenvalue weighted by atomic mass is 35.5. The summed E-state index contributed by atoms with van der Waals surface area (Å²) in [4.78, 5) is 23.3. The Morgan fingerprint density at radius 3 is 2.42 bits per heavy atom. The minimum Gasteiger partial charge on any atom is -0.481 e. The Balaban J connectivity index is 2.35. The van der Waals surface area contributed by atoms with E-state index in [1.165, 1.54) is 6.07 Å². The number of amides is 1. The molecule has 1 amide bonds. The second-order valence-corrected chi connectivity index (χ2v) is 5.25. The number of benzene rings is 1. The molecule has 1 aromatic rings. The monoisotopic (exact) mass is 303 g/mol. The Bertz CT molecular complexity index is 534. The van der Waals surface area contributed by atoms with Crippen LogP contribution in [-0.4, -0.2) is 40.3 Å². The van der Waals surface area contributed by atoms with E-state index in [0.29, 0.717) is 15.6 Å². The minimum absolute atomic E-state index is 0.0334. The van der Waals surface area contributed by atoms with Crippen LogP contribution in [0.4, 0.5) is 4.79 Å². The molecule has 5 nitrogen and oxygen atoms in total. The molecule has 1 aliphatic rings. The average Bonchev–Trinajstić information content (AvgIpc) is 2.73. The van der Waals surface area contributed by atoms with E-state index in [4.69, 9.17) is 28.3 Å². The van der Waals surface area contributed by atoms with E-state index >= 15 is 0 Å². The molecule has 0 spiro atoms. The molecule has 0 bridgehead atoms. The van der Waals surface area contributed by atoms with Crippen LogP contribution in [-0.2, 0) is 4.79 Å². The third-order valence-electron chi connectivity index (χ3n) is 3.27. The van der Waals surface area contributed by atoms with Gasteiger partial charge in [-0.2, -0.15) is 0 Å². The Morgan fingerprint density at radius 1 is 1.21 bits per heavy atom. The van der Waals surface area contributed by atoms with E-state index in [1.807, 2.05) is 0 Å². The topological polar surface area (TPSA) is 77.8 Å². The van der Waals surface area contributed by atoms with Gasteiger partial charge in [-0.05, 0) is 17.7 Å². The van der Waals surface area contributed by atoms with Crippen molar-refractivity contribution in [3.8, 4) is 0 Å². The fraction of sp³-hybridized carbons (Fsp3) is 0.333. The summed E-state index contributed by atoms with van der Waals surface area (Å²) in [6, 6.07) is 4.79. The summed E-state index contributed by atoms with van der Waals surface area (Å²) in [5.74, 6) is -2.28. The first-order valence-corrected chi connectivity index (χ1v) is 6.31. The average molecular weight is 304 g/mol. The lowest BCUT2D eigenvalue weighted by Crippen LogP contribution is -2.28. The number of hydrogen-bond acceptors (Lipinski definition) is 2. The molecule has 102 valence electrons. The van der Waals surface area contributed by atoms with Gasteiger partial charge in [0, 0.05) is 29.1 Å². The van der Waals surface area contributed by atoms with Crippen LogP contribution >= 0.6 is 23.2 Å². The second-order valence-electron chi connectivity index (χ2n) is 4.40. The number of nitrogens with zero attached hydrogens (tertiary/aromatic N) is 1. The number of rotatable bonds is 2. The van der Waals surface area contributed by atoms with Crippen molar-refractivity contribution >= 4 is 35.3 Å². The fourth-order valence-electron chi connectivity index (χ4n) is 2.33. The first-order valence-electron chi connectivity index (χ1n) is 5.55. The molecule has 1 aliphatic heterocycles. The van der Waals surface area contributed by atoms with Gasteiger partial charge >= 0.3 is 12.1 Å². The van der Waals surface area contributed by atoms with Gasteiger partial charge in [0.1, 0.15) is 0 Å². The summed E-state index contributed by atoms with van der Waals surface area (Å²) in [5.41, 5.74) is 0.613. The van der Waals surface area contributed by atoms with E-state index in [9.17, 15) is 14.7 Å². The maximum Gasteiger partial charge on any atom is 0.407 e. The van der Waals surface area contributed by atoms with Crippen molar-refractivity contribution < 1.29 is 19.8 Å². The van der Waals surface area contributed by atoms with E-state index in [0.717, 1.165) is 4.90 Å². The second kappa shape index (κ2) is 5.27. The molecule has 2 unspecified atom stereocenters. The van der Waals surface area contributed by atoms with Gasteiger partial charge in [-0.1, -0.05) is 29.3 Å². The summed E-state index contributed by atoms with van der Waals surface area (Å²) in [5, 5.41) is 19.0. The molecule has 1 fully saturated rings. The van der Waals surface area contributed by atoms with Gasteiger partial charge in [-0.25, -0.2) is 4.79 Å². The molecular weight excluding hydrogens is 293 g/mol. The van der Waals surface area contributed by atoms with Crippen LogP contribution in [0, 0.1) is 5.92 Å². The van der Waals surface area contributed by atoms with Crippen molar-refractivity contribution in [2.45, 2.75) is 5.92 Å². The number of likely N-dealkylation sites (tertiary alicyclic amines) is 1. The van der Waals surface area contributed by atoms with Crippen LogP contribution in [0.25, 0.3) is 0 Å². The van der Waals surface area contributed by atoms with Crippen LogP contribution < -0.4 is 0 Å². The first-order chi connectivity index (χ1) is 8.90. The van der Waals surface area contributed by atoms with Crippen molar-refractivity contribution in [1.29, 1.82) is 0 Å². The highest BCUT2D eigenvalue weighted by molar-refractivity contribution is 6.35. The summed E-state index contributed by atoms with van der Waals surface area (Å²) < 4.78 is 0. The molecule has 0 saturated carbocycles. The highest BCUT2D eigenvalue weighted by Gasteiger charge is 2.41. The van der Waals surface area contributed by atoms with E-state index in [-0.39, 0.29) is 13.1 Å². The predicted octanol–water partition coefficient (Wildman–Crippen LogP) is 2.77. The first kappa shape index (κ1) is 14.0. The third kappa shape index (κ3) is 2.77. The zero-order valence-corrected chi connectivity index (χ0v) is 11.2. The fourth-order valence-corrected chi connectivity index (χ4v) is 2.88. The lowest BCUT2D eigenvalue weighted by Gasteiger charge is -2.16. The zero-order valence-electron chi connectivity index (χ0n) is 9.72. The number of aliphatic carboxylic acids is 1. The smallest absolute Gasteiger partial charge is 0.407 e. The van der Waals surface area contributed by atoms with Gasteiger partial charge in [0.05, 0.1) is 5.92 Å². The van der Waals surface area contributed by atoms with Gasteiger partial charge in [-0.3, -0.25) is 4.79 Å². The summed E-state index contributed by atoms with van der Waals surface area (Å²) in [7, 11) is 0. The molecule has 2 atom stereocenters. The molecular formula is C12H11Cl2NO4. The normalized spacial score (nSPS) is 22.5. The molecule has 0 aromatic heterocycles. The predicted molar refractivity (Wildman–Crippen MR) is 69.9 cm³/mol. The van der Waals surface area contributed by atoms with Gasteiger partial charge in [-0.15, -0.1) is 0 Å².